The Morgan fingerprint density at radius 2 is 2.05 bits per heavy atom. The quantitative estimate of drug-likeness (QED) is 0.773. The molecule has 6 nitrogen and oxygen atoms in total. The smallest absolute Gasteiger partial charge is 0.407 e. The number of amides is 1. The van der Waals surface area contributed by atoms with Gasteiger partial charge in [0.1, 0.15) is 18.0 Å². The molecule has 124 valence electrons. The SMILES string of the molecule is COC(=O)c1sc(Br)cc1OC[C@H](C)NC(=O)OC(C)(C)C. The van der Waals surface area contributed by atoms with Crippen molar-refractivity contribution in [2.75, 3.05) is 13.7 Å². The number of hydrogen-bond donors (Lipinski definition) is 1. The number of ether oxygens (including phenoxy) is 3. The van der Waals surface area contributed by atoms with Crippen LogP contribution in [0.2, 0.25) is 0 Å². The van der Waals surface area contributed by atoms with Gasteiger partial charge in [0.15, 0.2) is 4.88 Å². The maximum Gasteiger partial charge on any atom is 0.407 e. The fourth-order valence-corrected chi connectivity index (χ4v) is 2.89. The normalized spacial score (nSPS) is 12.5. The average molecular weight is 394 g/mol. The highest BCUT2D eigenvalue weighted by molar-refractivity contribution is 9.11. The minimum atomic E-state index is -0.555. The third kappa shape index (κ3) is 6.23. The summed E-state index contributed by atoms with van der Waals surface area (Å²) in [5, 5.41) is 2.67. The summed E-state index contributed by atoms with van der Waals surface area (Å²) in [6.07, 6.45) is -0.511. The van der Waals surface area contributed by atoms with E-state index in [1.54, 1.807) is 33.8 Å². The topological polar surface area (TPSA) is 73.9 Å². The van der Waals surface area contributed by atoms with Crippen LogP contribution in [-0.4, -0.2) is 37.4 Å². The van der Waals surface area contributed by atoms with Crippen molar-refractivity contribution in [3.63, 3.8) is 0 Å². The summed E-state index contributed by atoms with van der Waals surface area (Å²) in [5.74, 6) is -0.0416. The predicted molar refractivity (Wildman–Crippen MR) is 87.7 cm³/mol. The number of alkyl carbamates (subject to hydrolysis) is 1. The number of methoxy groups -OCH3 is 1. The van der Waals surface area contributed by atoms with Gasteiger partial charge in [-0.1, -0.05) is 0 Å². The molecule has 1 heterocycles. The van der Waals surface area contributed by atoms with Gasteiger partial charge in [-0.25, -0.2) is 9.59 Å². The molecule has 8 heteroatoms. The number of esters is 1. The molecule has 0 fully saturated rings. The molecule has 0 aliphatic rings. The summed E-state index contributed by atoms with van der Waals surface area (Å²) in [6.45, 7) is 7.35. The second-order valence-electron chi connectivity index (χ2n) is 5.59. The van der Waals surface area contributed by atoms with Crippen LogP contribution in [0.25, 0.3) is 0 Å². The highest BCUT2D eigenvalue weighted by atomic mass is 79.9. The summed E-state index contributed by atoms with van der Waals surface area (Å²) in [5.41, 5.74) is -0.555. The van der Waals surface area contributed by atoms with E-state index in [-0.39, 0.29) is 12.6 Å². The van der Waals surface area contributed by atoms with Crippen molar-refractivity contribution in [1.82, 2.24) is 5.32 Å². The molecule has 1 amide bonds. The second kappa shape index (κ2) is 7.82. The van der Waals surface area contributed by atoms with Crippen molar-refractivity contribution in [2.45, 2.75) is 39.3 Å². The number of carbonyl (C=O) groups excluding carboxylic acids is 2. The first-order valence-corrected chi connectivity index (χ1v) is 8.23. The number of halogens is 1. The van der Waals surface area contributed by atoms with Crippen molar-refractivity contribution in [3.05, 3.63) is 14.7 Å². The number of carbonyl (C=O) groups is 2. The van der Waals surface area contributed by atoms with Crippen molar-refractivity contribution in [3.8, 4) is 5.75 Å². The monoisotopic (exact) mass is 393 g/mol. The Hall–Kier alpha value is -1.28. The van der Waals surface area contributed by atoms with E-state index in [0.717, 1.165) is 3.79 Å². The van der Waals surface area contributed by atoms with Gasteiger partial charge in [0.05, 0.1) is 16.9 Å². The van der Waals surface area contributed by atoms with Gasteiger partial charge in [-0.3, -0.25) is 0 Å². The van der Waals surface area contributed by atoms with E-state index in [4.69, 9.17) is 14.2 Å². The van der Waals surface area contributed by atoms with Crippen LogP contribution >= 0.6 is 27.3 Å². The molecule has 1 aromatic rings. The van der Waals surface area contributed by atoms with Crippen LogP contribution in [0.3, 0.4) is 0 Å². The van der Waals surface area contributed by atoms with E-state index in [1.807, 2.05) is 0 Å². The van der Waals surface area contributed by atoms with Gasteiger partial charge in [0.2, 0.25) is 0 Å². The number of nitrogens with one attached hydrogen (secondary N) is 1. The summed E-state index contributed by atoms with van der Waals surface area (Å²) >= 11 is 4.53. The van der Waals surface area contributed by atoms with Crippen molar-refractivity contribution < 1.29 is 23.8 Å². The number of rotatable bonds is 5. The lowest BCUT2D eigenvalue weighted by Gasteiger charge is -2.22. The Bertz CT molecular complexity index is 538. The molecule has 0 aromatic carbocycles. The molecule has 22 heavy (non-hydrogen) atoms. The van der Waals surface area contributed by atoms with E-state index >= 15 is 0 Å². The Labute approximate surface area is 142 Å². The molecule has 0 saturated heterocycles. The highest BCUT2D eigenvalue weighted by Gasteiger charge is 2.20. The first-order valence-electron chi connectivity index (χ1n) is 6.62. The lowest BCUT2D eigenvalue weighted by Crippen LogP contribution is -2.40. The van der Waals surface area contributed by atoms with Gasteiger partial charge in [-0.05, 0) is 43.6 Å². The van der Waals surface area contributed by atoms with Crippen LogP contribution in [0, 0.1) is 0 Å². The van der Waals surface area contributed by atoms with Gasteiger partial charge in [-0.15, -0.1) is 11.3 Å². The van der Waals surface area contributed by atoms with E-state index < -0.39 is 17.7 Å². The van der Waals surface area contributed by atoms with E-state index in [2.05, 4.69) is 21.2 Å². The molecule has 0 unspecified atom stereocenters. The standard InChI is InChI=1S/C14H20BrNO5S/c1-8(16-13(18)21-14(2,3)4)7-20-9-6-10(15)22-11(9)12(17)19-5/h6,8H,7H2,1-5H3,(H,16,18)/t8-/m0/s1. The van der Waals surface area contributed by atoms with Gasteiger partial charge in [0, 0.05) is 6.07 Å². The third-order valence-corrected chi connectivity index (χ3v) is 3.89. The predicted octanol–water partition coefficient (Wildman–Crippen LogP) is 3.59. The number of thiophene rings is 1. The molecule has 0 radical (unpaired) electrons. The molecule has 0 spiro atoms. The van der Waals surface area contributed by atoms with Crippen molar-refractivity contribution >= 4 is 39.3 Å². The first-order chi connectivity index (χ1) is 10.1. The molecule has 0 aliphatic heterocycles. The Balaban J connectivity index is 2.56. The zero-order valence-electron chi connectivity index (χ0n) is 13.2. The lowest BCUT2D eigenvalue weighted by atomic mass is 10.2. The maximum absolute atomic E-state index is 11.6. The van der Waals surface area contributed by atoms with E-state index in [1.165, 1.54) is 18.4 Å². The summed E-state index contributed by atoms with van der Waals surface area (Å²) in [4.78, 5) is 23.6. The van der Waals surface area contributed by atoms with Gasteiger partial charge in [0.25, 0.3) is 0 Å². The Morgan fingerprint density at radius 1 is 1.41 bits per heavy atom. The van der Waals surface area contributed by atoms with Gasteiger partial charge in [-0.2, -0.15) is 0 Å². The van der Waals surface area contributed by atoms with Crippen LogP contribution in [-0.2, 0) is 9.47 Å². The van der Waals surface area contributed by atoms with Crippen LogP contribution in [0.1, 0.15) is 37.4 Å². The molecule has 1 rings (SSSR count). The van der Waals surface area contributed by atoms with Gasteiger partial charge >= 0.3 is 12.1 Å². The van der Waals surface area contributed by atoms with Crippen LogP contribution in [0.4, 0.5) is 4.79 Å². The van der Waals surface area contributed by atoms with E-state index in [0.29, 0.717) is 10.6 Å². The van der Waals surface area contributed by atoms with Crippen LogP contribution in [0.15, 0.2) is 9.85 Å². The van der Waals surface area contributed by atoms with E-state index in [9.17, 15) is 9.59 Å². The molecule has 1 aromatic heterocycles. The van der Waals surface area contributed by atoms with Crippen molar-refractivity contribution in [2.24, 2.45) is 0 Å². The fourth-order valence-electron chi connectivity index (χ4n) is 1.45. The average Bonchev–Trinajstić information content (AvgIpc) is 2.74. The van der Waals surface area contributed by atoms with Crippen LogP contribution < -0.4 is 10.1 Å². The zero-order valence-corrected chi connectivity index (χ0v) is 15.6. The van der Waals surface area contributed by atoms with Crippen molar-refractivity contribution in [1.29, 1.82) is 0 Å². The third-order valence-electron chi connectivity index (χ3n) is 2.29. The zero-order chi connectivity index (χ0) is 16.9. The summed E-state index contributed by atoms with van der Waals surface area (Å²) in [6, 6.07) is 1.41. The molecular weight excluding hydrogens is 374 g/mol. The molecule has 1 N–H and O–H groups in total. The molecule has 0 aliphatic carbocycles. The minimum absolute atomic E-state index is 0.201. The molecular formula is C14H20BrNO5S. The summed E-state index contributed by atoms with van der Waals surface area (Å²) < 4.78 is 16.2. The highest BCUT2D eigenvalue weighted by Crippen LogP contribution is 2.33. The lowest BCUT2D eigenvalue weighted by molar-refractivity contribution is 0.0490. The molecule has 0 saturated carbocycles. The summed E-state index contributed by atoms with van der Waals surface area (Å²) in [7, 11) is 1.31. The molecule has 0 bridgehead atoms. The van der Waals surface area contributed by atoms with Crippen LogP contribution in [0.5, 0.6) is 5.75 Å². The van der Waals surface area contributed by atoms with Gasteiger partial charge < -0.3 is 19.5 Å². The Morgan fingerprint density at radius 3 is 2.59 bits per heavy atom. The maximum atomic E-state index is 11.6. The largest absolute Gasteiger partial charge is 0.490 e. The Kier molecular flexibility index (Phi) is 6.67. The number of hydrogen-bond acceptors (Lipinski definition) is 6. The fraction of sp³-hybridized carbons (Fsp3) is 0.571. The molecule has 1 atom stereocenters. The minimum Gasteiger partial charge on any atom is -0.490 e. The first kappa shape index (κ1) is 18.8. The second-order valence-corrected chi connectivity index (χ2v) is 8.03.